The van der Waals surface area contributed by atoms with Crippen LogP contribution in [0.1, 0.15) is 22.3 Å². The summed E-state index contributed by atoms with van der Waals surface area (Å²) < 4.78 is 13.1. The van der Waals surface area contributed by atoms with Crippen LogP contribution in [0.4, 0.5) is 4.39 Å². The van der Waals surface area contributed by atoms with Gasteiger partial charge in [-0.2, -0.15) is 0 Å². The summed E-state index contributed by atoms with van der Waals surface area (Å²) in [5, 5.41) is 6.46. The lowest BCUT2D eigenvalue weighted by atomic mass is 10.1. The number of rotatable bonds is 4. The van der Waals surface area contributed by atoms with Gasteiger partial charge in [0.1, 0.15) is 5.82 Å². The molecule has 0 saturated carbocycles. The maximum atomic E-state index is 13.1. The average molecular weight is 427 g/mol. The van der Waals surface area contributed by atoms with Gasteiger partial charge in [0.2, 0.25) is 0 Å². The second-order valence-corrected chi connectivity index (χ2v) is 5.34. The molecule has 0 aliphatic carbocycles. The van der Waals surface area contributed by atoms with Crippen molar-refractivity contribution < 1.29 is 4.39 Å². The van der Waals surface area contributed by atoms with Crippen LogP contribution in [0.25, 0.3) is 0 Å². The Hall–Kier alpha value is -1.63. The number of aliphatic imine (C=N–C) groups is 1. The highest BCUT2D eigenvalue weighted by Crippen LogP contribution is 2.10. The van der Waals surface area contributed by atoms with E-state index in [0.29, 0.717) is 19.0 Å². The van der Waals surface area contributed by atoms with E-state index in [4.69, 9.17) is 0 Å². The quantitative estimate of drug-likeness (QED) is 0.441. The molecular weight excluding hydrogens is 404 g/mol. The summed E-state index contributed by atoms with van der Waals surface area (Å²) in [6.07, 6.45) is 0. The zero-order chi connectivity index (χ0) is 15.9. The first-order valence-electron chi connectivity index (χ1n) is 7.33. The highest BCUT2D eigenvalue weighted by Gasteiger charge is 2.02. The number of hydrogen-bond donors (Lipinski definition) is 2. The van der Waals surface area contributed by atoms with E-state index >= 15 is 0 Å². The van der Waals surface area contributed by atoms with E-state index in [9.17, 15) is 4.39 Å². The first kappa shape index (κ1) is 19.4. The lowest BCUT2D eigenvalue weighted by Gasteiger charge is -2.13. The molecule has 0 unspecified atom stereocenters. The van der Waals surface area contributed by atoms with E-state index in [-0.39, 0.29) is 29.8 Å². The van der Waals surface area contributed by atoms with Crippen molar-refractivity contribution in [3.8, 4) is 0 Å². The minimum atomic E-state index is -0.225. The van der Waals surface area contributed by atoms with Gasteiger partial charge in [-0.1, -0.05) is 35.9 Å². The highest BCUT2D eigenvalue weighted by atomic mass is 127. The predicted molar refractivity (Wildman–Crippen MR) is 105 cm³/mol. The Balaban J connectivity index is 0.00000264. The number of benzene rings is 2. The molecule has 0 amide bonds. The first-order chi connectivity index (χ1) is 10.6. The van der Waals surface area contributed by atoms with Crippen LogP contribution in [-0.4, -0.2) is 13.0 Å². The van der Waals surface area contributed by atoms with Gasteiger partial charge in [-0.15, -0.1) is 24.0 Å². The van der Waals surface area contributed by atoms with E-state index < -0.39 is 0 Å². The summed E-state index contributed by atoms with van der Waals surface area (Å²) >= 11 is 0. The third-order valence-electron chi connectivity index (χ3n) is 3.52. The Morgan fingerprint density at radius 1 is 1.04 bits per heavy atom. The van der Waals surface area contributed by atoms with Crippen LogP contribution >= 0.6 is 24.0 Å². The monoisotopic (exact) mass is 427 g/mol. The summed E-state index contributed by atoms with van der Waals surface area (Å²) in [6.45, 7) is 5.43. The van der Waals surface area contributed by atoms with E-state index in [1.54, 1.807) is 13.1 Å². The number of aryl methyl sites for hydroxylation is 2. The first-order valence-corrected chi connectivity index (χ1v) is 7.33. The van der Waals surface area contributed by atoms with Crippen molar-refractivity contribution in [2.45, 2.75) is 26.9 Å². The van der Waals surface area contributed by atoms with Crippen molar-refractivity contribution in [3.05, 3.63) is 70.5 Å². The van der Waals surface area contributed by atoms with Crippen LogP contribution in [0.2, 0.25) is 0 Å². The standard InChI is InChI=1S/C18H22FN3.HI/c1-13-7-8-16(14(2)9-13)12-22-18(20-3)21-11-15-5-4-6-17(19)10-15;/h4-10H,11-12H2,1-3H3,(H2,20,21,22);1H. The largest absolute Gasteiger partial charge is 0.352 e. The molecule has 0 bridgehead atoms. The van der Waals surface area contributed by atoms with Crippen molar-refractivity contribution in [2.24, 2.45) is 4.99 Å². The molecule has 0 aromatic heterocycles. The van der Waals surface area contributed by atoms with Crippen LogP contribution in [0.3, 0.4) is 0 Å². The van der Waals surface area contributed by atoms with E-state index in [1.807, 2.05) is 6.07 Å². The smallest absolute Gasteiger partial charge is 0.191 e. The average Bonchev–Trinajstić information content (AvgIpc) is 2.49. The van der Waals surface area contributed by atoms with E-state index in [2.05, 4.69) is 47.7 Å². The number of halogens is 2. The zero-order valence-electron chi connectivity index (χ0n) is 13.7. The summed E-state index contributed by atoms with van der Waals surface area (Å²) in [7, 11) is 1.73. The van der Waals surface area contributed by atoms with Crippen molar-refractivity contribution in [1.29, 1.82) is 0 Å². The molecule has 124 valence electrons. The molecule has 23 heavy (non-hydrogen) atoms. The van der Waals surface area contributed by atoms with Crippen LogP contribution in [0.5, 0.6) is 0 Å². The number of hydrogen-bond acceptors (Lipinski definition) is 1. The predicted octanol–water partition coefficient (Wildman–Crippen LogP) is 3.93. The number of guanidine groups is 1. The van der Waals surface area contributed by atoms with Crippen molar-refractivity contribution in [2.75, 3.05) is 7.05 Å². The topological polar surface area (TPSA) is 36.4 Å². The van der Waals surface area contributed by atoms with Crippen LogP contribution in [-0.2, 0) is 13.1 Å². The number of nitrogens with zero attached hydrogens (tertiary/aromatic N) is 1. The van der Waals surface area contributed by atoms with Crippen LogP contribution in [0.15, 0.2) is 47.5 Å². The van der Waals surface area contributed by atoms with Crippen LogP contribution < -0.4 is 10.6 Å². The summed E-state index contributed by atoms with van der Waals surface area (Å²) in [4.78, 5) is 4.19. The molecule has 5 heteroatoms. The van der Waals surface area contributed by atoms with E-state index in [0.717, 1.165) is 5.56 Å². The fourth-order valence-corrected chi connectivity index (χ4v) is 2.28. The lowest BCUT2D eigenvalue weighted by molar-refractivity contribution is 0.624. The normalized spacial score (nSPS) is 10.9. The fraction of sp³-hybridized carbons (Fsp3) is 0.278. The molecule has 0 spiro atoms. The zero-order valence-corrected chi connectivity index (χ0v) is 16.0. The fourth-order valence-electron chi connectivity index (χ4n) is 2.28. The van der Waals surface area contributed by atoms with Gasteiger partial charge in [-0.25, -0.2) is 4.39 Å². The Bertz CT molecular complexity index is 671. The second-order valence-electron chi connectivity index (χ2n) is 5.34. The molecule has 2 rings (SSSR count). The Morgan fingerprint density at radius 2 is 1.78 bits per heavy atom. The minimum Gasteiger partial charge on any atom is -0.352 e. The van der Waals surface area contributed by atoms with Crippen molar-refractivity contribution >= 4 is 29.9 Å². The van der Waals surface area contributed by atoms with Gasteiger partial charge >= 0.3 is 0 Å². The number of nitrogens with one attached hydrogen (secondary N) is 2. The Morgan fingerprint density at radius 3 is 2.43 bits per heavy atom. The Labute approximate surface area is 154 Å². The molecule has 0 heterocycles. The van der Waals surface area contributed by atoms with Crippen LogP contribution in [0, 0.1) is 19.7 Å². The minimum absolute atomic E-state index is 0. The van der Waals surface area contributed by atoms with Gasteiger partial charge in [0.25, 0.3) is 0 Å². The molecule has 0 aliphatic heterocycles. The maximum absolute atomic E-state index is 13.1. The molecule has 0 radical (unpaired) electrons. The molecule has 2 N–H and O–H groups in total. The molecule has 0 saturated heterocycles. The third kappa shape index (κ3) is 6.17. The van der Waals surface area contributed by atoms with Crippen molar-refractivity contribution in [1.82, 2.24) is 10.6 Å². The molecule has 0 aliphatic rings. The molecule has 0 fully saturated rings. The van der Waals surface area contributed by atoms with Gasteiger partial charge in [0.15, 0.2) is 5.96 Å². The summed E-state index contributed by atoms with van der Waals surface area (Å²) in [5.74, 6) is 0.474. The van der Waals surface area contributed by atoms with Crippen molar-refractivity contribution in [3.63, 3.8) is 0 Å². The van der Waals surface area contributed by atoms with Gasteiger partial charge in [0, 0.05) is 20.1 Å². The SMILES string of the molecule is CN=C(NCc1cccc(F)c1)NCc1ccc(C)cc1C.I. The molecule has 3 nitrogen and oxygen atoms in total. The van der Waals surface area contributed by atoms with E-state index in [1.165, 1.54) is 28.8 Å². The second kappa shape index (κ2) is 9.50. The molecule has 2 aromatic carbocycles. The molecule has 0 atom stereocenters. The van der Waals surface area contributed by atoms with Gasteiger partial charge in [0.05, 0.1) is 0 Å². The maximum Gasteiger partial charge on any atom is 0.191 e. The summed E-state index contributed by atoms with van der Waals surface area (Å²) in [5.41, 5.74) is 4.64. The van der Waals surface area contributed by atoms with Gasteiger partial charge in [-0.3, -0.25) is 4.99 Å². The lowest BCUT2D eigenvalue weighted by Crippen LogP contribution is -2.36. The Kier molecular flexibility index (Phi) is 8.02. The van der Waals surface area contributed by atoms with Gasteiger partial charge in [-0.05, 0) is 42.7 Å². The molecule has 2 aromatic rings. The van der Waals surface area contributed by atoms with Gasteiger partial charge < -0.3 is 10.6 Å². The third-order valence-corrected chi connectivity index (χ3v) is 3.52. The highest BCUT2D eigenvalue weighted by molar-refractivity contribution is 14.0. The summed E-state index contributed by atoms with van der Waals surface area (Å²) in [6, 6.07) is 12.9. The molecular formula is C18H23FIN3.